The first-order valence-corrected chi connectivity index (χ1v) is 14.7. The average molecular weight is 633 g/mol. The summed E-state index contributed by atoms with van der Waals surface area (Å²) >= 11 is 0. The molecule has 2 aromatic rings. The van der Waals surface area contributed by atoms with E-state index in [0.29, 0.717) is 29.3 Å². The second kappa shape index (κ2) is 13.8. The van der Waals surface area contributed by atoms with Crippen molar-refractivity contribution in [2.45, 2.75) is 66.5 Å². The molecule has 0 aliphatic carbocycles. The van der Waals surface area contributed by atoms with Gasteiger partial charge in [0.1, 0.15) is 22.7 Å². The number of carbonyl (C=O) groups is 5. The molecule has 0 fully saturated rings. The minimum absolute atomic E-state index is 0.0260. The van der Waals surface area contributed by atoms with Gasteiger partial charge in [-0.15, -0.1) is 0 Å². The van der Waals surface area contributed by atoms with Crippen LogP contribution in [0.1, 0.15) is 84.5 Å². The molecule has 2 aromatic carbocycles. The zero-order valence-electron chi connectivity index (χ0n) is 27.2. The average Bonchev–Trinajstić information content (AvgIpc) is 3.67. The number of rotatable bonds is 6. The monoisotopic (exact) mass is 632 g/mol. The molecule has 13 heteroatoms. The summed E-state index contributed by atoms with van der Waals surface area (Å²) in [6.07, 6.45) is 1.41. The largest absolute Gasteiger partial charge is 0.478 e. The van der Waals surface area contributed by atoms with E-state index in [4.69, 9.17) is 0 Å². The molecule has 46 heavy (non-hydrogen) atoms. The maximum absolute atomic E-state index is 12.1. The fourth-order valence-corrected chi connectivity index (χ4v) is 4.51. The van der Waals surface area contributed by atoms with Gasteiger partial charge in [-0.3, -0.25) is 24.4 Å². The number of hydrogen-bond donors (Lipinski definition) is 5. The van der Waals surface area contributed by atoms with Crippen molar-refractivity contribution in [1.29, 1.82) is 0 Å². The summed E-state index contributed by atoms with van der Waals surface area (Å²) in [6.45, 7) is 15.3. The number of amidine groups is 2. The van der Waals surface area contributed by atoms with Crippen LogP contribution in [-0.4, -0.2) is 75.5 Å². The van der Waals surface area contributed by atoms with Crippen LogP contribution in [-0.2, 0) is 14.4 Å². The van der Waals surface area contributed by atoms with Crippen molar-refractivity contribution in [1.82, 2.24) is 16.0 Å². The van der Waals surface area contributed by atoms with Gasteiger partial charge in [-0.1, -0.05) is 57.0 Å². The van der Waals surface area contributed by atoms with E-state index in [1.807, 2.05) is 47.6 Å². The summed E-state index contributed by atoms with van der Waals surface area (Å²) in [5.74, 6) is -1.81. The third kappa shape index (κ3) is 7.53. The minimum Gasteiger partial charge on any atom is -0.478 e. The van der Waals surface area contributed by atoms with Gasteiger partial charge in [0, 0.05) is 11.1 Å². The van der Waals surface area contributed by atoms with Crippen LogP contribution in [0.3, 0.4) is 0 Å². The van der Waals surface area contributed by atoms with Crippen molar-refractivity contribution in [3.05, 3.63) is 69.8 Å². The van der Waals surface area contributed by atoms with E-state index in [1.54, 1.807) is 38.1 Å². The van der Waals surface area contributed by atoms with Gasteiger partial charge in [-0.2, -0.15) is 0 Å². The predicted molar refractivity (Wildman–Crippen MR) is 174 cm³/mol. The normalized spacial score (nSPS) is 21.4. The van der Waals surface area contributed by atoms with Gasteiger partial charge in [-0.25, -0.2) is 14.6 Å². The maximum Gasteiger partial charge on any atom is 0.336 e. The van der Waals surface area contributed by atoms with E-state index in [2.05, 4.69) is 30.9 Å². The van der Waals surface area contributed by atoms with Crippen LogP contribution in [0, 0.1) is 25.7 Å². The van der Waals surface area contributed by atoms with Gasteiger partial charge in [0.05, 0.1) is 24.0 Å². The molecular weight excluding hydrogens is 592 g/mol. The molecule has 0 saturated heterocycles. The van der Waals surface area contributed by atoms with Crippen molar-refractivity contribution < 1.29 is 34.2 Å². The molecule has 0 radical (unpaired) electrons. The van der Waals surface area contributed by atoms with Gasteiger partial charge in [0.15, 0.2) is 0 Å². The summed E-state index contributed by atoms with van der Waals surface area (Å²) in [5, 5.41) is 26.6. The van der Waals surface area contributed by atoms with Gasteiger partial charge >= 0.3 is 11.9 Å². The van der Waals surface area contributed by atoms with E-state index in [0.717, 1.165) is 11.1 Å². The smallest absolute Gasteiger partial charge is 0.336 e. The number of amides is 3. The molecule has 3 aliphatic rings. The summed E-state index contributed by atoms with van der Waals surface area (Å²) < 4.78 is 0. The van der Waals surface area contributed by atoms with Crippen molar-refractivity contribution in [3.8, 4) is 0 Å². The highest BCUT2D eigenvalue weighted by Crippen LogP contribution is 2.29. The SMILES string of the molecule is Cc1ccc(C(=O)O)c(C2=NC(C)(C(C)C)C(=O)N2)c1.Cc1ccc(C2=NC(C)(C(C)C)C(=O)N2)c(C(=O)O)c1.O=C1CNC=N1. The zero-order chi connectivity index (χ0) is 34.6. The predicted octanol–water partition coefficient (Wildman–Crippen LogP) is 3.11. The minimum atomic E-state index is -1.03. The third-order valence-corrected chi connectivity index (χ3v) is 8.19. The second-order valence-electron chi connectivity index (χ2n) is 12.2. The van der Waals surface area contributed by atoms with E-state index in [1.165, 1.54) is 12.4 Å². The number of carboxylic acids is 2. The van der Waals surface area contributed by atoms with Crippen LogP contribution in [0.4, 0.5) is 0 Å². The first kappa shape index (κ1) is 35.3. The Morgan fingerprint density at radius 2 is 1.22 bits per heavy atom. The molecule has 3 amide bonds. The molecule has 244 valence electrons. The van der Waals surface area contributed by atoms with Crippen LogP contribution in [0.5, 0.6) is 0 Å². The third-order valence-electron chi connectivity index (χ3n) is 8.19. The fourth-order valence-electron chi connectivity index (χ4n) is 4.51. The molecular formula is C33H40N6O7. The Labute approximate surface area is 267 Å². The number of aliphatic imine (C=N–C) groups is 3. The molecule has 2 atom stereocenters. The first-order chi connectivity index (χ1) is 21.4. The van der Waals surface area contributed by atoms with E-state index < -0.39 is 23.0 Å². The van der Waals surface area contributed by atoms with Crippen LogP contribution in [0.25, 0.3) is 0 Å². The van der Waals surface area contributed by atoms with E-state index in [9.17, 15) is 34.2 Å². The molecule has 0 saturated carbocycles. The van der Waals surface area contributed by atoms with Crippen molar-refractivity contribution in [3.63, 3.8) is 0 Å². The molecule has 0 aromatic heterocycles. The van der Waals surface area contributed by atoms with Gasteiger partial charge < -0.3 is 26.2 Å². The lowest BCUT2D eigenvalue weighted by Gasteiger charge is -2.21. The Kier molecular flexibility index (Phi) is 10.6. The molecule has 13 nitrogen and oxygen atoms in total. The Morgan fingerprint density at radius 3 is 1.61 bits per heavy atom. The summed E-state index contributed by atoms with van der Waals surface area (Å²) in [4.78, 5) is 69.1. The molecule has 5 N–H and O–H groups in total. The van der Waals surface area contributed by atoms with Crippen molar-refractivity contribution >= 4 is 47.7 Å². The van der Waals surface area contributed by atoms with Crippen LogP contribution < -0.4 is 16.0 Å². The number of carbonyl (C=O) groups excluding carboxylic acids is 3. The number of carboxylic acid groups (broad SMARTS) is 2. The molecule has 0 spiro atoms. The van der Waals surface area contributed by atoms with E-state index >= 15 is 0 Å². The Hall–Kier alpha value is -5.20. The first-order valence-electron chi connectivity index (χ1n) is 14.7. The Bertz CT molecular complexity index is 1680. The summed E-state index contributed by atoms with van der Waals surface area (Å²) in [5.41, 5.74) is 1.25. The highest BCUT2D eigenvalue weighted by molar-refractivity contribution is 6.19. The lowest BCUT2D eigenvalue weighted by molar-refractivity contribution is -0.125. The molecule has 2 unspecified atom stereocenters. The maximum atomic E-state index is 12.1. The Morgan fingerprint density at radius 1 is 0.739 bits per heavy atom. The number of nitrogens with one attached hydrogen (secondary N) is 3. The standard InChI is InChI=1S/2C15H18N2O3.C3H4N2O/c1-8(2)15(4)14(20)16-12(17-15)11-7-9(3)5-6-10(11)13(18)19;1-8(2)15(4)14(20)16-12(17-15)10-6-5-9(3)7-11(10)13(18)19;6-3-1-4-2-5-3/h2*5-8H,1-4H3,(H,18,19)(H,16,17,20);2H,1H2,(H,4,5,6). The number of aromatic carboxylic acids is 2. The highest BCUT2D eigenvalue weighted by Gasteiger charge is 2.43. The lowest BCUT2D eigenvalue weighted by Crippen LogP contribution is -2.41. The van der Waals surface area contributed by atoms with Crippen LogP contribution >= 0.6 is 0 Å². The summed E-state index contributed by atoms with van der Waals surface area (Å²) in [6, 6.07) is 10.1. The van der Waals surface area contributed by atoms with Crippen molar-refractivity contribution in [2.24, 2.45) is 26.8 Å². The summed E-state index contributed by atoms with van der Waals surface area (Å²) in [7, 11) is 0. The van der Waals surface area contributed by atoms with Crippen molar-refractivity contribution in [2.75, 3.05) is 6.54 Å². The van der Waals surface area contributed by atoms with Gasteiger partial charge in [0.25, 0.3) is 17.7 Å². The molecule has 0 bridgehead atoms. The fraction of sp³-hybridized carbons (Fsp3) is 0.394. The number of nitrogens with zero attached hydrogens (tertiary/aromatic N) is 3. The zero-order valence-corrected chi connectivity index (χ0v) is 27.2. The number of hydrogen-bond acceptors (Lipinski definition) is 8. The highest BCUT2D eigenvalue weighted by atomic mass is 16.4. The molecule has 5 rings (SSSR count). The number of benzene rings is 2. The lowest BCUT2D eigenvalue weighted by atomic mass is 9.89. The van der Waals surface area contributed by atoms with Gasteiger partial charge in [-0.05, 0) is 57.7 Å². The number of aryl methyl sites for hydroxylation is 2. The van der Waals surface area contributed by atoms with Crippen LogP contribution in [0.2, 0.25) is 0 Å². The molecule has 3 heterocycles. The van der Waals surface area contributed by atoms with E-state index in [-0.39, 0.29) is 40.7 Å². The molecule has 3 aliphatic heterocycles. The second-order valence-corrected chi connectivity index (χ2v) is 12.2. The topological polar surface area (TPSA) is 199 Å². The van der Waals surface area contributed by atoms with Gasteiger partial charge in [0.2, 0.25) is 0 Å². The quantitative estimate of drug-likeness (QED) is 0.320. The van der Waals surface area contributed by atoms with Crippen LogP contribution in [0.15, 0.2) is 51.4 Å². The Balaban J connectivity index is 0.000000212.